The molecule has 1 fully saturated rings. The van der Waals surface area contributed by atoms with Gasteiger partial charge < -0.3 is 24.4 Å². The Hall–Kier alpha value is -4.21. The standard InChI is InChI=1S/C31H33F3N2O5/c1-20-7-5-10-26(27(20)21-11-13-24(14-12-21)40-31(32,33)34)28(37)35-22-8-6-9-25(19-22)39-23-15-17-36(18-16-23)29(38)41-30(2,3)4/h5-14,19,23H,15-18H2,1-4H3,(H,35,37). The minimum absolute atomic E-state index is 0.0905. The number of amides is 2. The number of benzene rings is 3. The lowest BCUT2D eigenvalue weighted by Crippen LogP contribution is -2.44. The highest BCUT2D eigenvalue weighted by atomic mass is 19.4. The monoisotopic (exact) mass is 570 g/mol. The van der Waals surface area contributed by atoms with Gasteiger partial charge in [-0.15, -0.1) is 13.2 Å². The summed E-state index contributed by atoms with van der Waals surface area (Å²) in [4.78, 5) is 27.3. The number of likely N-dealkylation sites (tertiary alicyclic amines) is 1. The van der Waals surface area contributed by atoms with Crippen molar-refractivity contribution in [3.05, 3.63) is 77.9 Å². The average Bonchev–Trinajstić information content (AvgIpc) is 2.88. The third kappa shape index (κ3) is 8.39. The van der Waals surface area contributed by atoms with Crippen LogP contribution in [0, 0.1) is 6.92 Å². The number of ether oxygens (including phenoxy) is 3. The smallest absolute Gasteiger partial charge is 0.490 e. The minimum atomic E-state index is -4.79. The van der Waals surface area contributed by atoms with Crippen LogP contribution in [0.25, 0.3) is 11.1 Å². The van der Waals surface area contributed by atoms with E-state index in [4.69, 9.17) is 9.47 Å². The van der Waals surface area contributed by atoms with Gasteiger partial charge in [0.2, 0.25) is 0 Å². The van der Waals surface area contributed by atoms with Gasteiger partial charge in [0.25, 0.3) is 5.91 Å². The van der Waals surface area contributed by atoms with Crippen molar-refractivity contribution in [3.63, 3.8) is 0 Å². The van der Waals surface area contributed by atoms with Crippen molar-refractivity contribution in [2.24, 2.45) is 0 Å². The molecule has 1 N–H and O–H groups in total. The van der Waals surface area contributed by atoms with Gasteiger partial charge in [0.1, 0.15) is 23.2 Å². The molecule has 0 radical (unpaired) electrons. The Kier molecular flexibility index (Phi) is 8.80. The molecule has 3 aromatic carbocycles. The molecule has 0 bridgehead atoms. The second-order valence-electron chi connectivity index (χ2n) is 10.8. The number of rotatable bonds is 6. The molecule has 3 aromatic rings. The molecule has 1 saturated heterocycles. The maximum absolute atomic E-state index is 13.3. The summed E-state index contributed by atoms with van der Waals surface area (Å²) in [5.41, 5.74) is 2.32. The first-order valence-corrected chi connectivity index (χ1v) is 13.3. The zero-order valence-electron chi connectivity index (χ0n) is 23.4. The molecule has 2 amide bonds. The van der Waals surface area contributed by atoms with E-state index in [1.165, 1.54) is 24.3 Å². The predicted molar refractivity (Wildman–Crippen MR) is 149 cm³/mol. The number of nitrogens with one attached hydrogen (secondary N) is 1. The molecule has 7 nitrogen and oxygen atoms in total. The third-order valence-corrected chi connectivity index (χ3v) is 6.38. The van der Waals surface area contributed by atoms with Gasteiger partial charge in [0.05, 0.1) is 0 Å². The lowest BCUT2D eigenvalue weighted by atomic mass is 9.94. The molecule has 0 aromatic heterocycles. The van der Waals surface area contributed by atoms with E-state index < -0.39 is 12.0 Å². The van der Waals surface area contributed by atoms with Crippen LogP contribution < -0.4 is 14.8 Å². The van der Waals surface area contributed by atoms with Crippen LogP contribution in [-0.2, 0) is 4.74 Å². The molecular formula is C31H33F3N2O5. The molecule has 0 unspecified atom stereocenters. The Morgan fingerprint density at radius 2 is 1.56 bits per heavy atom. The van der Waals surface area contributed by atoms with Crippen LogP contribution >= 0.6 is 0 Å². The molecule has 1 aliphatic heterocycles. The predicted octanol–water partition coefficient (Wildman–Crippen LogP) is 7.59. The molecule has 0 saturated carbocycles. The Morgan fingerprint density at radius 3 is 2.20 bits per heavy atom. The fraction of sp³-hybridized carbons (Fsp3) is 0.355. The number of hydrogen-bond acceptors (Lipinski definition) is 5. The summed E-state index contributed by atoms with van der Waals surface area (Å²) < 4.78 is 53.2. The first-order valence-electron chi connectivity index (χ1n) is 13.3. The molecule has 10 heteroatoms. The molecule has 0 atom stereocenters. The summed E-state index contributed by atoms with van der Waals surface area (Å²) in [5, 5.41) is 2.90. The molecule has 1 aliphatic rings. The number of halogens is 3. The van der Waals surface area contributed by atoms with E-state index in [1.54, 1.807) is 41.3 Å². The van der Waals surface area contributed by atoms with E-state index in [9.17, 15) is 22.8 Å². The molecule has 41 heavy (non-hydrogen) atoms. The van der Waals surface area contributed by atoms with E-state index in [0.717, 1.165) is 5.56 Å². The third-order valence-electron chi connectivity index (χ3n) is 6.38. The Bertz CT molecular complexity index is 1380. The van der Waals surface area contributed by atoms with E-state index >= 15 is 0 Å². The van der Waals surface area contributed by atoms with Crippen molar-refractivity contribution in [1.29, 1.82) is 0 Å². The number of piperidine rings is 1. The number of hydrogen-bond donors (Lipinski definition) is 1. The van der Waals surface area contributed by atoms with Crippen LogP contribution in [0.4, 0.5) is 23.7 Å². The van der Waals surface area contributed by atoms with Crippen molar-refractivity contribution in [2.75, 3.05) is 18.4 Å². The number of carbonyl (C=O) groups is 2. The van der Waals surface area contributed by atoms with Gasteiger partial charge >= 0.3 is 12.5 Å². The van der Waals surface area contributed by atoms with Gasteiger partial charge in [-0.2, -0.15) is 0 Å². The summed E-state index contributed by atoms with van der Waals surface area (Å²) in [6.45, 7) is 8.38. The van der Waals surface area contributed by atoms with Gasteiger partial charge in [-0.1, -0.05) is 30.3 Å². The van der Waals surface area contributed by atoms with Crippen LogP contribution in [0.3, 0.4) is 0 Å². The lowest BCUT2D eigenvalue weighted by molar-refractivity contribution is -0.274. The average molecular weight is 571 g/mol. The van der Waals surface area contributed by atoms with Crippen molar-refractivity contribution < 1.29 is 37.0 Å². The molecule has 0 spiro atoms. The number of anilines is 1. The first-order chi connectivity index (χ1) is 19.3. The zero-order valence-corrected chi connectivity index (χ0v) is 23.4. The van der Waals surface area contributed by atoms with E-state index in [0.29, 0.717) is 54.1 Å². The van der Waals surface area contributed by atoms with Crippen LogP contribution in [0.15, 0.2) is 66.7 Å². The maximum Gasteiger partial charge on any atom is 0.573 e. The normalized spacial score (nSPS) is 14.4. The lowest BCUT2D eigenvalue weighted by Gasteiger charge is -2.33. The molecular weight excluding hydrogens is 537 g/mol. The van der Waals surface area contributed by atoms with Crippen LogP contribution in [0.2, 0.25) is 0 Å². The van der Waals surface area contributed by atoms with Gasteiger partial charge in [-0.3, -0.25) is 4.79 Å². The minimum Gasteiger partial charge on any atom is -0.490 e. The largest absolute Gasteiger partial charge is 0.573 e. The summed E-state index contributed by atoms with van der Waals surface area (Å²) in [5.74, 6) is -0.126. The van der Waals surface area contributed by atoms with Crippen molar-refractivity contribution in [2.45, 2.75) is 58.6 Å². The highest BCUT2D eigenvalue weighted by molar-refractivity contribution is 6.09. The number of aryl methyl sites for hydroxylation is 1. The summed E-state index contributed by atoms with van der Waals surface area (Å²) >= 11 is 0. The van der Waals surface area contributed by atoms with E-state index in [1.807, 2.05) is 33.8 Å². The Morgan fingerprint density at radius 1 is 0.902 bits per heavy atom. The van der Waals surface area contributed by atoms with Gasteiger partial charge in [0.15, 0.2) is 0 Å². The SMILES string of the molecule is Cc1cccc(C(=O)Nc2cccc(OC3CCN(C(=O)OC(C)(C)C)CC3)c2)c1-c1ccc(OC(F)(F)F)cc1. The van der Waals surface area contributed by atoms with Gasteiger partial charge in [0, 0.05) is 43.2 Å². The topological polar surface area (TPSA) is 77.1 Å². The quantitative estimate of drug-likeness (QED) is 0.330. The highest BCUT2D eigenvalue weighted by Crippen LogP contribution is 2.32. The summed E-state index contributed by atoms with van der Waals surface area (Å²) in [6, 6.07) is 17.7. The second kappa shape index (κ2) is 12.1. The highest BCUT2D eigenvalue weighted by Gasteiger charge is 2.31. The van der Waals surface area contributed by atoms with Crippen molar-refractivity contribution in [1.82, 2.24) is 4.90 Å². The molecule has 218 valence electrons. The van der Waals surface area contributed by atoms with Crippen LogP contribution in [-0.4, -0.2) is 48.1 Å². The fourth-order valence-electron chi connectivity index (χ4n) is 4.58. The number of alkyl halides is 3. The zero-order chi connectivity index (χ0) is 29.8. The number of carbonyl (C=O) groups excluding carboxylic acids is 2. The first kappa shape index (κ1) is 29.8. The van der Waals surface area contributed by atoms with Crippen LogP contribution in [0.1, 0.15) is 49.5 Å². The van der Waals surface area contributed by atoms with Gasteiger partial charge in [-0.25, -0.2) is 4.79 Å². The van der Waals surface area contributed by atoms with E-state index in [-0.39, 0.29) is 23.9 Å². The maximum atomic E-state index is 13.3. The van der Waals surface area contributed by atoms with Crippen LogP contribution in [0.5, 0.6) is 11.5 Å². The summed E-state index contributed by atoms with van der Waals surface area (Å²) in [7, 11) is 0. The van der Waals surface area contributed by atoms with Gasteiger partial charge in [-0.05, 0) is 74.7 Å². The van der Waals surface area contributed by atoms with Crippen molar-refractivity contribution in [3.8, 4) is 22.6 Å². The molecule has 1 heterocycles. The summed E-state index contributed by atoms with van der Waals surface area (Å²) in [6.07, 6.45) is -3.91. The molecule has 4 rings (SSSR count). The Labute approximate surface area is 237 Å². The molecule has 0 aliphatic carbocycles. The van der Waals surface area contributed by atoms with E-state index in [2.05, 4.69) is 10.1 Å². The second-order valence-corrected chi connectivity index (χ2v) is 10.8. The fourth-order valence-corrected chi connectivity index (χ4v) is 4.58. The Balaban J connectivity index is 1.41. The van der Waals surface area contributed by atoms with Crippen molar-refractivity contribution >= 4 is 17.7 Å². The number of nitrogens with zero attached hydrogens (tertiary/aromatic N) is 1.